The zero-order chi connectivity index (χ0) is 10.8. The minimum absolute atomic E-state index is 0.497. The maximum absolute atomic E-state index is 5.99. The lowest BCUT2D eigenvalue weighted by molar-refractivity contribution is 0.415. The molecule has 0 amide bonds. The molecular weight excluding hydrogens is 235 g/mol. The van der Waals surface area contributed by atoms with Gasteiger partial charge in [0.15, 0.2) is 0 Å². The van der Waals surface area contributed by atoms with Crippen molar-refractivity contribution >= 4 is 23.2 Å². The number of hydrogen-bond donors (Lipinski definition) is 1. The number of nitrogens with one attached hydrogen (secondary N) is 1. The van der Waals surface area contributed by atoms with Crippen LogP contribution in [-0.4, -0.2) is 17.1 Å². The average molecular weight is 243 g/mol. The number of aromatic nitrogens is 2. The van der Waals surface area contributed by atoms with Gasteiger partial charge in [0.25, 0.3) is 0 Å². The second-order valence-corrected chi connectivity index (χ2v) is 3.70. The first-order valence-electron chi connectivity index (χ1n) is 4.25. The van der Waals surface area contributed by atoms with E-state index in [4.69, 9.17) is 27.9 Å². The first-order chi connectivity index (χ1) is 7.22. The van der Waals surface area contributed by atoms with Crippen molar-refractivity contribution in [1.29, 1.82) is 0 Å². The molecule has 3 nitrogen and oxygen atoms in total. The molecule has 0 bridgehead atoms. The fourth-order valence-electron chi connectivity index (χ4n) is 1.29. The summed E-state index contributed by atoms with van der Waals surface area (Å²) in [5.74, 6) is 0.632. The molecule has 0 unspecified atom stereocenters. The van der Waals surface area contributed by atoms with Gasteiger partial charge >= 0.3 is 0 Å². The Labute approximate surface area is 97.0 Å². The van der Waals surface area contributed by atoms with E-state index < -0.39 is 0 Å². The van der Waals surface area contributed by atoms with Crippen LogP contribution in [0.25, 0.3) is 11.3 Å². The van der Waals surface area contributed by atoms with Crippen LogP contribution in [0.15, 0.2) is 24.5 Å². The minimum Gasteiger partial charge on any atom is -0.495 e. The van der Waals surface area contributed by atoms with Crippen molar-refractivity contribution in [2.24, 2.45) is 0 Å². The van der Waals surface area contributed by atoms with Crippen LogP contribution >= 0.6 is 23.2 Å². The molecule has 1 aromatic heterocycles. The van der Waals surface area contributed by atoms with Gasteiger partial charge in [-0.15, -0.1) is 0 Å². The maximum Gasteiger partial charge on any atom is 0.137 e. The van der Waals surface area contributed by atoms with Crippen LogP contribution in [0.4, 0.5) is 0 Å². The topological polar surface area (TPSA) is 37.9 Å². The van der Waals surface area contributed by atoms with Crippen LogP contribution in [-0.2, 0) is 0 Å². The van der Waals surface area contributed by atoms with Crippen molar-refractivity contribution in [2.75, 3.05) is 7.11 Å². The smallest absolute Gasteiger partial charge is 0.137 e. The lowest BCUT2D eigenvalue weighted by Gasteiger charge is -2.04. The summed E-state index contributed by atoms with van der Waals surface area (Å²) in [7, 11) is 1.57. The summed E-state index contributed by atoms with van der Waals surface area (Å²) < 4.78 is 5.05. The molecule has 0 atom stereocenters. The molecule has 0 saturated carbocycles. The summed E-state index contributed by atoms with van der Waals surface area (Å²) in [4.78, 5) is 6.89. The highest BCUT2D eigenvalue weighted by Crippen LogP contribution is 2.31. The number of rotatable bonds is 2. The molecular formula is C10H8Cl2N2O. The SMILES string of the molecule is COc1ccc(-c2nc[nH]c2Cl)cc1Cl. The van der Waals surface area contributed by atoms with Gasteiger partial charge in [0.2, 0.25) is 0 Å². The highest BCUT2D eigenvalue weighted by Gasteiger charge is 2.08. The van der Waals surface area contributed by atoms with Gasteiger partial charge in [-0.2, -0.15) is 0 Å². The molecule has 2 aromatic rings. The molecule has 15 heavy (non-hydrogen) atoms. The molecule has 1 aromatic carbocycles. The number of benzene rings is 1. The number of imidazole rings is 1. The van der Waals surface area contributed by atoms with E-state index in [1.165, 1.54) is 6.33 Å². The highest BCUT2D eigenvalue weighted by atomic mass is 35.5. The molecule has 78 valence electrons. The number of aromatic amines is 1. The fourth-order valence-corrected chi connectivity index (χ4v) is 1.76. The number of nitrogens with zero attached hydrogens (tertiary/aromatic N) is 1. The van der Waals surface area contributed by atoms with Gasteiger partial charge in [0.05, 0.1) is 18.5 Å². The van der Waals surface area contributed by atoms with Crippen molar-refractivity contribution in [3.8, 4) is 17.0 Å². The molecule has 0 radical (unpaired) electrons. The Balaban J connectivity index is 2.47. The third kappa shape index (κ3) is 1.94. The molecule has 1 N–H and O–H groups in total. The van der Waals surface area contributed by atoms with E-state index in [-0.39, 0.29) is 0 Å². The maximum atomic E-state index is 5.99. The molecule has 1 heterocycles. The zero-order valence-electron chi connectivity index (χ0n) is 7.92. The van der Waals surface area contributed by atoms with Crippen molar-refractivity contribution < 1.29 is 4.74 Å². The molecule has 0 aliphatic rings. The lowest BCUT2D eigenvalue weighted by Crippen LogP contribution is -1.85. The lowest BCUT2D eigenvalue weighted by atomic mass is 10.1. The van der Waals surface area contributed by atoms with Crippen molar-refractivity contribution in [2.45, 2.75) is 0 Å². The second-order valence-electron chi connectivity index (χ2n) is 2.91. The summed E-state index contributed by atoms with van der Waals surface area (Å²) in [5.41, 5.74) is 1.54. The number of methoxy groups -OCH3 is 1. The minimum atomic E-state index is 0.497. The highest BCUT2D eigenvalue weighted by molar-refractivity contribution is 6.33. The van der Waals surface area contributed by atoms with Crippen LogP contribution in [0.5, 0.6) is 5.75 Å². The van der Waals surface area contributed by atoms with Gasteiger partial charge in [0.1, 0.15) is 16.6 Å². The Bertz CT molecular complexity index is 482. The van der Waals surface area contributed by atoms with Crippen molar-refractivity contribution in [1.82, 2.24) is 9.97 Å². The summed E-state index contributed by atoms with van der Waals surface area (Å²) in [6.07, 6.45) is 1.54. The molecule has 0 fully saturated rings. The van der Waals surface area contributed by atoms with Crippen molar-refractivity contribution in [3.05, 3.63) is 34.7 Å². The standard InChI is InChI=1S/C10H8Cl2N2O/c1-15-8-3-2-6(4-7(8)11)9-10(12)14-5-13-9/h2-5H,1H3,(H,13,14). The van der Waals surface area contributed by atoms with E-state index in [1.54, 1.807) is 19.2 Å². The Morgan fingerprint density at radius 2 is 2.13 bits per heavy atom. The van der Waals surface area contributed by atoms with E-state index in [9.17, 15) is 0 Å². The average Bonchev–Trinajstić information content (AvgIpc) is 2.64. The van der Waals surface area contributed by atoms with Gasteiger partial charge in [-0.3, -0.25) is 0 Å². The van der Waals surface area contributed by atoms with Crippen LogP contribution in [0.3, 0.4) is 0 Å². The fraction of sp³-hybridized carbons (Fsp3) is 0.100. The molecule has 5 heteroatoms. The Hall–Kier alpha value is -1.19. The predicted octanol–water partition coefficient (Wildman–Crippen LogP) is 3.39. The van der Waals surface area contributed by atoms with Gasteiger partial charge in [-0.25, -0.2) is 4.98 Å². The third-order valence-corrected chi connectivity index (χ3v) is 2.60. The van der Waals surface area contributed by atoms with Gasteiger partial charge in [0, 0.05) is 5.56 Å². The number of H-pyrrole nitrogens is 1. The molecule has 0 aliphatic carbocycles. The van der Waals surface area contributed by atoms with Crippen LogP contribution in [0.1, 0.15) is 0 Å². The Morgan fingerprint density at radius 1 is 1.33 bits per heavy atom. The first kappa shape index (κ1) is 10.3. The molecule has 0 spiro atoms. The molecule has 0 saturated heterocycles. The number of hydrogen-bond acceptors (Lipinski definition) is 2. The van der Waals surface area contributed by atoms with Crippen molar-refractivity contribution in [3.63, 3.8) is 0 Å². The predicted molar refractivity (Wildman–Crippen MR) is 60.6 cm³/mol. The number of halogens is 2. The first-order valence-corrected chi connectivity index (χ1v) is 5.00. The second kappa shape index (κ2) is 4.13. The Morgan fingerprint density at radius 3 is 2.67 bits per heavy atom. The van der Waals surface area contributed by atoms with Crippen LogP contribution < -0.4 is 4.74 Å². The zero-order valence-corrected chi connectivity index (χ0v) is 9.43. The normalized spacial score (nSPS) is 10.3. The molecule has 2 rings (SSSR count). The van der Waals surface area contributed by atoms with Crippen LogP contribution in [0.2, 0.25) is 10.2 Å². The number of ether oxygens (including phenoxy) is 1. The van der Waals surface area contributed by atoms with E-state index in [0.717, 1.165) is 5.56 Å². The summed E-state index contributed by atoms with van der Waals surface area (Å²) in [6, 6.07) is 5.40. The molecule has 0 aliphatic heterocycles. The van der Waals surface area contributed by atoms with E-state index in [1.807, 2.05) is 6.07 Å². The van der Waals surface area contributed by atoms with Crippen LogP contribution in [0, 0.1) is 0 Å². The monoisotopic (exact) mass is 242 g/mol. The quantitative estimate of drug-likeness (QED) is 0.877. The van der Waals surface area contributed by atoms with E-state index >= 15 is 0 Å². The van der Waals surface area contributed by atoms with Gasteiger partial charge in [-0.05, 0) is 18.2 Å². The van der Waals surface area contributed by atoms with Gasteiger partial charge in [-0.1, -0.05) is 23.2 Å². The third-order valence-electron chi connectivity index (χ3n) is 2.02. The van der Waals surface area contributed by atoms with E-state index in [0.29, 0.717) is 21.6 Å². The van der Waals surface area contributed by atoms with Gasteiger partial charge < -0.3 is 9.72 Å². The summed E-state index contributed by atoms with van der Waals surface area (Å²) >= 11 is 11.9. The Kier molecular flexibility index (Phi) is 2.84. The van der Waals surface area contributed by atoms with E-state index in [2.05, 4.69) is 9.97 Å². The largest absolute Gasteiger partial charge is 0.495 e. The summed E-state index contributed by atoms with van der Waals surface area (Å²) in [6.45, 7) is 0. The summed E-state index contributed by atoms with van der Waals surface area (Å²) in [5, 5.41) is 1.03.